The highest BCUT2D eigenvalue weighted by molar-refractivity contribution is 5.75. The minimum absolute atomic E-state index is 0.113. The average molecular weight is 342 g/mol. The number of nitrogens with one attached hydrogen (secondary N) is 1. The lowest BCUT2D eigenvalue weighted by molar-refractivity contribution is -0.883. The van der Waals surface area contributed by atoms with Gasteiger partial charge in [0.2, 0.25) is 5.91 Å². The lowest BCUT2D eigenvalue weighted by Crippen LogP contribution is -2.45. The number of carboxylic acid groups (broad SMARTS) is 1. The Kier molecular flexibility index (Phi) is 13.2. The Bertz CT molecular complexity index is 379. The van der Waals surface area contributed by atoms with E-state index in [4.69, 9.17) is 5.11 Å². The van der Waals surface area contributed by atoms with Gasteiger partial charge in [-0.15, -0.1) is 0 Å². The average Bonchev–Trinajstić information content (AvgIpc) is 2.48. The van der Waals surface area contributed by atoms with Gasteiger partial charge in [0.15, 0.2) is 6.54 Å². The molecule has 140 valence electrons. The number of carboxylic acids is 1. The predicted octanol–water partition coefficient (Wildman–Crippen LogP) is 3.35. The zero-order chi connectivity index (χ0) is 18.3. The standard InChI is InChI=1S/C19H36N2O3/c1-4-5-6-7-8-9-10-11-12-14-18(22)20-15-13-16-21(2,3)17-19(23)24/h5-6H,4,7-17H2,1-3H3,(H-,20,22,23,24)/p+1/b6-5+. The summed E-state index contributed by atoms with van der Waals surface area (Å²) < 4.78 is 0.443. The van der Waals surface area contributed by atoms with Crippen molar-refractivity contribution in [1.82, 2.24) is 5.32 Å². The van der Waals surface area contributed by atoms with E-state index in [9.17, 15) is 9.59 Å². The normalized spacial score (nSPS) is 11.8. The minimum atomic E-state index is -0.787. The molecule has 0 aromatic rings. The molecular formula is C19H37N2O3+. The SMILES string of the molecule is CC/C=C/CCCCCCCC(=O)NCCC[N+](C)(C)CC(=O)O. The first-order chi connectivity index (χ1) is 11.4. The summed E-state index contributed by atoms with van der Waals surface area (Å²) in [6.07, 6.45) is 13.9. The fourth-order valence-corrected chi connectivity index (χ4v) is 2.63. The molecule has 2 N–H and O–H groups in total. The maximum Gasteiger partial charge on any atom is 0.359 e. The fraction of sp³-hybridized carbons (Fsp3) is 0.789. The summed E-state index contributed by atoms with van der Waals surface area (Å²) in [4.78, 5) is 22.5. The monoisotopic (exact) mass is 341 g/mol. The molecule has 24 heavy (non-hydrogen) atoms. The summed E-state index contributed by atoms with van der Waals surface area (Å²) >= 11 is 0. The van der Waals surface area contributed by atoms with Crippen LogP contribution in [0.5, 0.6) is 0 Å². The van der Waals surface area contributed by atoms with Crippen molar-refractivity contribution in [2.24, 2.45) is 0 Å². The van der Waals surface area contributed by atoms with Crippen LogP contribution in [0.25, 0.3) is 0 Å². The van der Waals surface area contributed by atoms with Crippen LogP contribution in [0, 0.1) is 0 Å². The quantitative estimate of drug-likeness (QED) is 0.273. The van der Waals surface area contributed by atoms with E-state index in [-0.39, 0.29) is 12.5 Å². The number of aliphatic carboxylic acids is 1. The molecule has 0 spiro atoms. The number of hydrogen-bond acceptors (Lipinski definition) is 2. The number of likely N-dealkylation sites (N-methyl/N-ethyl adjacent to an activating group) is 1. The second kappa shape index (κ2) is 14.0. The maximum absolute atomic E-state index is 11.7. The molecule has 0 unspecified atom stereocenters. The number of nitrogens with zero attached hydrogens (tertiary/aromatic N) is 1. The summed E-state index contributed by atoms with van der Waals surface area (Å²) in [6, 6.07) is 0. The summed E-state index contributed by atoms with van der Waals surface area (Å²) in [6.45, 7) is 3.64. The van der Waals surface area contributed by atoms with E-state index in [1.165, 1.54) is 25.7 Å². The molecule has 0 atom stereocenters. The van der Waals surface area contributed by atoms with Crippen molar-refractivity contribution < 1.29 is 19.2 Å². The van der Waals surface area contributed by atoms with Gasteiger partial charge in [-0.05, 0) is 25.7 Å². The van der Waals surface area contributed by atoms with Gasteiger partial charge in [-0.3, -0.25) is 4.79 Å². The number of rotatable bonds is 15. The van der Waals surface area contributed by atoms with Gasteiger partial charge in [0.1, 0.15) is 0 Å². The molecule has 0 bridgehead atoms. The number of amides is 1. The van der Waals surface area contributed by atoms with Gasteiger partial charge in [0.05, 0.1) is 20.6 Å². The van der Waals surface area contributed by atoms with E-state index < -0.39 is 5.97 Å². The van der Waals surface area contributed by atoms with E-state index in [1.54, 1.807) is 0 Å². The molecule has 0 aliphatic carbocycles. The maximum atomic E-state index is 11.7. The Hall–Kier alpha value is -1.36. The van der Waals surface area contributed by atoms with Crippen molar-refractivity contribution >= 4 is 11.9 Å². The number of unbranched alkanes of at least 4 members (excludes halogenated alkanes) is 5. The van der Waals surface area contributed by atoms with Crippen molar-refractivity contribution in [1.29, 1.82) is 0 Å². The minimum Gasteiger partial charge on any atom is -0.477 e. The van der Waals surface area contributed by atoms with Crippen LogP contribution in [-0.4, -0.2) is 55.2 Å². The molecule has 0 aromatic carbocycles. The number of carbonyl (C=O) groups excluding carboxylic acids is 1. The third kappa shape index (κ3) is 15.5. The van der Waals surface area contributed by atoms with Crippen molar-refractivity contribution in [3.8, 4) is 0 Å². The summed E-state index contributed by atoms with van der Waals surface area (Å²) in [7, 11) is 3.79. The molecule has 1 amide bonds. The van der Waals surface area contributed by atoms with Gasteiger partial charge in [-0.25, -0.2) is 4.79 Å². The molecule has 0 heterocycles. The molecule has 0 saturated carbocycles. The van der Waals surface area contributed by atoms with Gasteiger partial charge in [-0.2, -0.15) is 0 Å². The molecule has 0 aliphatic rings. The van der Waals surface area contributed by atoms with Crippen LogP contribution in [0.3, 0.4) is 0 Å². The lowest BCUT2D eigenvalue weighted by atomic mass is 10.1. The summed E-state index contributed by atoms with van der Waals surface area (Å²) in [5.41, 5.74) is 0. The molecule has 5 heteroatoms. The number of carbonyl (C=O) groups is 2. The van der Waals surface area contributed by atoms with Gasteiger partial charge in [-0.1, -0.05) is 38.3 Å². The van der Waals surface area contributed by atoms with E-state index in [0.29, 0.717) is 17.4 Å². The van der Waals surface area contributed by atoms with Crippen molar-refractivity contribution in [2.45, 2.75) is 64.7 Å². The fourth-order valence-electron chi connectivity index (χ4n) is 2.63. The van der Waals surface area contributed by atoms with Crippen LogP contribution in [0.4, 0.5) is 0 Å². The molecular weight excluding hydrogens is 304 g/mol. The van der Waals surface area contributed by atoms with Crippen LogP contribution in [0.1, 0.15) is 64.7 Å². The Morgan fingerprint density at radius 3 is 2.33 bits per heavy atom. The Morgan fingerprint density at radius 2 is 1.67 bits per heavy atom. The Balaban J connectivity index is 3.47. The summed E-state index contributed by atoms with van der Waals surface area (Å²) in [5.74, 6) is -0.671. The molecule has 0 aromatic heterocycles. The molecule has 5 nitrogen and oxygen atoms in total. The van der Waals surface area contributed by atoms with Gasteiger partial charge < -0.3 is 14.9 Å². The first-order valence-electron chi connectivity index (χ1n) is 9.33. The number of hydrogen-bond donors (Lipinski definition) is 2. The smallest absolute Gasteiger partial charge is 0.359 e. The molecule has 0 radical (unpaired) electrons. The Morgan fingerprint density at radius 1 is 1.00 bits per heavy atom. The second-order valence-corrected chi connectivity index (χ2v) is 7.10. The number of allylic oxidation sites excluding steroid dienone is 2. The summed E-state index contributed by atoms with van der Waals surface area (Å²) in [5, 5.41) is 11.7. The topological polar surface area (TPSA) is 66.4 Å². The largest absolute Gasteiger partial charge is 0.477 e. The second-order valence-electron chi connectivity index (χ2n) is 7.10. The molecule has 0 aliphatic heterocycles. The van der Waals surface area contributed by atoms with Crippen molar-refractivity contribution in [2.75, 3.05) is 33.7 Å². The lowest BCUT2D eigenvalue weighted by Gasteiger charge is -2.27. The van der Waals surface area contributed by atoms with Crippen LogP contribution < -0.4 is 5.32 Å². The van der Waals surface area contributed by atoms with Gasteiger partial charge in [0.25, 0.3) is 0 Å². The molecule has 0 saturated heterocycles. The third-order valence-electron chi connectivity index (χ3n) is 4.00. The third-order valence-corrected chi connectivity index (χ3v) is 4.00. The van der Waals surface area contributed by atoms with Crippen molar-refractivity contribution in [3.63, 3.8) is 0 Å². The van der Waals surface area contributed by atoms with Gasteiger partial charge in [0, 0.05) is 19.4 Å². The highest BCUT2D eigenvalue weighted by Crippen LogP contribution is 2.08. The zero-order valence-corrected chi connectivity index (χ0v) is 15.9. The highest BCUT2D eigenvalue weighted by atomic mass is 16.4. The molecule has 0 fully saturated rings. The first-order valence-corrected chi connectivity index (χ1v) is 9.33. The van der Waals surface area contributed by atoms with E-state index in [0.717, 1.165) is 32.2 Å². The van der Waals surface area contributed by atoms with Crippen LogP contribution in [0.15, 0.2) is 12.2 Å². The first kappa shape index (κ1) is 22.6. The highest BCUT2D eigenvalue weighted by Gasteiger charge is 2.18. The van der Waals surface area contributed by atoms with Crippen LogP contribution in [0.2, 0.25) is 0 Å². The Labute approximate surface area is 147 Å². The van der Waals surface area contributed by atoms with Gasteiger partial charge >= 0.3 is 5.97 Å². The van der Waals surface area contributed by atoms with Crippen LogP contribution >= 0.6 is 0 Å². The predicted molar refractivity (Wildman–Crippen MR) is 98.9 cm³/mol. The van der Waals surface area contributed by atoms with Crippen molar-refractivity contribution in [3.05, 3.63) is 12.2 Å². The van der Waals surface area contributed by atoms with E-state index >= 15 is 0 Å². The van der Waals surface area contributed by atoms with Crippen LogP contribution in [-0.2, 0) is 9.59 Å². The molecule has 0 rings (SSSR count). The number of quaternary nitrogens is 1. The van der Waals surface area contributed by atoms with E-state index in [2.05, 4.69) is 24.4 Å². The zero-order valence-electron chi connectivity index (χ0n) is 15.9. The van der Waals surface area contributed by atoms with E-state index in [1.807, 2.05) is 14.1 Å².